The molecular weight excluding hydrogens is 223 g/mol. The van der Waals surface area contributed by atoms with Crippen LogP contribution in [0.15, 0.2) is 24.3 Å². The van der Waals surface area contributed by atoms with E-state index in [9.17, 15) is 4.39 Å². The van der Waals surface area contributed by atoms with Crippen LogP contribution in [0.25, 0.3) is 0 Å². The van der Waals surface area contributed by atoms with Crippen molar-refractivity contribution >= 4 is 0 Å². The van der Waals surface area contributed by atoms with Gasteiger partial charge < -0.3 is 0 Å². The van der Waals surface area contributed by atoms with Gasteiger partial charge >= 0.3 is 0 Å². The maximum absolute atomic E-state index is 12.2. The molecule has 1 aromatic rings. The molecule has 0 N–H and O–H groups in total. The molecule has 104 valence electrons. The van der Waals surface area contributed by atoms with Crippen molar-refractivity contribution in [1.82, 2.24) is 0 Å². The number of benzene rings is 1. The van der Waals surface area contributed by atoms with Crippen molar-refractivity contribution in [2.24, 2.45) is 5.92 Å². The maximum Gasteiger partial charge on any atom is 0.123 e. The Morgan fingerprint density at radius 2 is 1.72 bits per heavy atom. The zero-order valence-electron chi connectivity index (χ0n) is 12.5. The molecule has 2 rings (SSSR count). The van der Waals surface area contributed by atoms with Crippen molar-refractivity contribution in [1.29, 1.82) is 0 Å². The first kappa shape index (κ1) is 17.2. The molecule has 0 aromatic heterocycles. The molecule has 0 spiro atoms. The van der Waals surface area contributed by atoms with Crippen molar-refractivity contribution < 1.29 is 4.39 Å². The van der Waals surface area contributed by atoms with E-state index < -0.39 is 0 Å². The van der Waals surface area contributed by atoms with Gasteiger partial charge in [-0.3, -0.25) is 0 Å². The summed E-state index contributed by atoms with van der Waals surface area (Å²) in [6, 6.07) is 6.50. The minimum atomic E-state index is -0.162. The van der Waals surface area contributed by atoms with E-state index in [1.165, 1.54) is 50.7 Å². The second kappa shape index (κ2) is 11.3. The topological polar surface area (TPSA) is 0 Å². The third-order valence-electron chi connectivity index (χ3n) is 3.28. The normalized spacial score (nSPS) is 14.9. The van der Waals surface area contributed by atoms with Crippen LogP contribution < -0.4 is 0 Å². The molecule has 1 aliphatic rings. The van der Waals surface area contributed by atoms with E-state index in [2.05, 4.69) is 6.92 Å². The van der Waals surface area contributed by atoms with Gasteiger partial charge in [0.1, 0.15) is 5.82 Å². The van der Waals surface area contributed by atoms with Crippen LogP contribution in [0, 0.1) is 18.7 Å². The molecule has 0 aliphatic heterocycles. The van der Waals surface area contributed by atoms with Crippen LogP contribution in [0.4, 0.5) is 4.39 Å². The second-order valence-corrected chi connectivity index (χ2v) is 4.71. The molecule has 1 saturated carbocycles. The Labute approximate surface area is 113 Å². The first-order valence-electron chi connectivity index (χ1n) is 7.44. The lowest BCUT2D eigenvalue weighted by Crippen LogP contribution is -2.03. The van der Waals surface area contributed by atoms with E-state index >= 15 is 0 Å². The van der Waals surface area contributed by atoms with Crippen molar-refractivity contribution in [2.75, 3.05) is 0 Å². The molecule has 0 atom stereocenters. The van der Waals surface area contributed by atoms with Crippen LogP contribution in [0.5, 0.6) is 0 Å². The summed E-state index contributed by atoms with van der Waals surface area (Å²) in [5.74, 6) is 0.925. The number of aryl methyl sites for hydroxylation is 1. The standard InChI is InChI=1S/C8H16.C7H7F.C2H6/c1-2-8-6-4-3-5-7-8;1-6-3-2-4-7(8)5-6;1-2/h8H,2-7H2,1H3;2-5H,1H3;1-2H3. The van der Waals surface area contributed by atoms with Crippen LogP contribution in [0.2, 0.25) is 0 Å². The van der Waals surface area contributed by atoms with Gasteiger partial charge in [-0.15, -0.1) is 0 Å². The zero-order chi connectivity index (χ0) is 13.8. The number of hydrogen-bond donors (Lipinski definition) is 0. The molecule has 0 unspecified atom stereocenters. The second-order valence-electron chi connectivity index (χ2n) is 4.71. The number of hydrogen-bond acceptors (Lipinski definition) is 0. The molecule has 1 fully saturated rings. The maximum atomic E-state index is 12.2. The summed E-state index contributed by atoms with van der Waals surface area (Å²) in [7, 11) is 0. The molecular formula is C17H29F. The monoisotopic (exact) mass is 252 g/mol. The van der Waals surface area contributed by atoms with Gasteiger partial charge in [-0.25, -0.2) is 4.39 Å². The smallest absolute Gasteiger partial charge is 0.123 e. The molecule has 1 aromatic carbocycles. The predicted octanol–water partition coefficient (Wildman–Crippen LogP) is 6.14. The Morgan fingerprint density at radius 1 is 1.11 bits per heavy atom. The molecule has 0 nitrogen and oxygen atoms in total. The fourth-order valence-corrected chi connectivity index (χ4v) is 2.20. The van der Waals surface area contributed by atoms with E-state index in [0.29, 0.717) is 0 Å². The van der Waals surface area contributed by atoms with Crippen LogP contribution in [-0.4, -0.2) is 0 Å². The summed E-state index contributed by atoms with van der Waals surface area (Å²) in [6.45, 7) is 8.18. The first-order valence-corrected chi connectivity index (χ1v) is 7.44. The Kier molecular flexibility index (Phi) is 10.7. The Morgan fingerprint density at radius 3 is 2.06 bits per heavy atom. The minimum Gasteiger partial charge on any atom is -0.207 e. The van der Waals surface area contributed by atoms with Crippen molar-refractivity contribution in [3.63, 3.8) is 0 Å². The summed E-state index contributed by atoms with van der Waals surface area (Å²) >= 11 is 0. The van der Waals surface area contributed by atoms with Crippen molar-refractivity contribution in [3.8, 4) is 0 Å². The summed E-state index contributed by atoms with van der Waals surface area (Å²) in [5.41, 5.74) is 0.963. The average Bonchev–Trinajstić information content (AvgIpc) is 2.42. The fraction of sp³-hybridized carbons (Fsp3) is 0.647. The van der Waals surface area contributed by atoms with Crippen LogP contribution in [0.3, 0.4) is 0 Å². The summed E-state index contributed by atoms with van der Waals surface area (Å²) in [4.78, 5) is 0. The van der Waals surface area contributed by atoms with Crippen LogP contribution in [0.1, 0.15) is 64.9 Å². The molecule has 0 bridgehead atoms. The average molecular weight is 252 g/mol. The van der Waals surface area contributed by atoms with Gasteiger partial charge in [0.25, 0.3) is 0 Å². The van der Waals surface area contributed by atoms with Gasteiger partial charge in [0, 0.05) is 0 Å². The number of rotatable bonds is 1. The lowest BCUT2D eigenvalue weighted by Gasteiger charge is -2.18. The Hall–Kier alpha value is -0.850. The Bertz CT molecular complexity index is 270. The van der Waals surface area contributed by atoms with E-state index in [-0.39, 0.29) is 5.82 Å². The summed E-state index contributed by atoms with van der Waals surface area (Å²) in [5, 5.41) is 0. The highest BCUT2D eigenvalue weighted by atomic mass is 19.1. The highest BCUT2D eigenvalue weighted by Gasteiger charge is 2.09. The van der Waals surface area contributed by atoms with Crippen LogP contribution >= 0.6 is 0 Å². The zero-order valence-corrected chi connectivity index (χ0v) is 12.5. The molecule has 1 aliphatic carbocycles. The van der Waals surface area contributed by atoms with E-state index in [1.807, 2.05) is 26.8 Å². The molecule has 1 heteroatoms. The van der Waals surface area contributed by atoms with Crippen LogP contribution in [-0.2, 0) is 0 Å². The van der Waals surface area contributed by atoms with Gasteiger partial charge in [0.2, 0.25) is 0 Å². The molecule has 0 amide bonds. The first-order chi connectivity index (χ1) is 8.72. The number of halogens is 1. The molecule has 0 radical (unpaired) electrons. The van der Waals surface area contributed by atoms with Gasteiger partial charge in [0.15, 0.2) is 0 Å². The SMILES string of the molecule is CC.CCC1CCCCC1.Cc1cccc(F)c1. The van der Waals surface area contributed by atoms with Crippen molar-refractivity contribution in [2.45, 2.75) is 66.2 Å². The van der Waals surface area contributed by atoms with E-state index in [0.717, 1.165) is 11.5 Å². The minimum absolute atomic E-state index is 0.162. The van der Waals surface area contributed by atoms with Gasteiger partial charge in [-0.05, 0) is 30.5 Å². The van der Waals surface area contributed by atoms with E-state index in [4.69, 9.17) is 0 Å². The largest absolute Gasteiger partial charge is 0.207 e. The molecule has 18 heavy (non-hydrogen) atoms. The van der Waals surface area contributed by atoms with Crippen molar-refractivity contribution in [3.05, 3.63) is 35.6 Å². The molecule has 0 saturated heterocycles. The van der Waals surface area contributed by atoms with Gasteiger partial charge in [-0.2, -0.15) is 0 Å². The van der Waals surface area contributed by atoms with Gasteiger partial charge in [0.05, 0.1) is 0 Å². The highest BCUT2D eigenvalue weighted by molar-refractivity contribution is 5.13. The van der Waals surface area contributed by atoms with E-state index in [1.54, 1.807) is 6.07 Å². The quantitative estimate of drug-likeness (QED) is 0.563. The summed E-state index contributed by atoms with van der Waals surface area (Å²) < 4.78 is 12.2. The third kappa shape index (κ3) is 8.27. The lowest BCUT2D eigenvalue weighted by atomic mass is 9.88. The lowest BCUT2D eigenvalue weighted by molar-refractivity contribution is 0.349. The summed E-state index contributed by atoms with van der Waals surface area (Å²) in [6.07, 6.45) is 8.93. The van der Waals surface area contributed by atoms with Gasteiger partial charge in [-0.1, -0.05) is 71.4 Å². The molecule has 0 heterocycles. The third-order valence-corrected chi connectivity index (χ3v) is 3.28. The highest BCUT2D eigenvalue weighted by Crippen LogP contribution is 2.25. The Balaban J connectivity index is 0.000000283. The predicted molar refractivity (Wildman–Crippen MR) is 79.4 cm³/mol. The fourth-order valence-electron chi connectivity index (χ4n) is 2.20.